The number of rotatable bonds is 9. The summed E-state index contributed by atoms with van der Waals surface area (Å²) in [6.07, 6.45) is 5.22. The third-order valence-electron chi connectivity index (χ3n) is 6.91. The average molecular weight is 467 g/mol. The molecule has 0 saturated heterocycles. The third-order valence-corrected chi connectivity index (χ3v) is 6.91. The molecule has 0 unspecified atom stereocenters. The van der Waals surface area contributed by atoms with Crippen LogP contribution in [0.25, 0.3) is 10.9 Å². The monoisotopic (exact) mass is 466 g/mol. The molecule has 0 radical (unpaired) electrons. The zero-order valence-electron chi connectivity index (χ0n) is 20.5. The van der Waals surface area contributed by atoms with Gasteiger partial charge in [-0.3, -0.25) is 14.5 Å². The van der Waals surface area contributed by atoms with Gasteiger partial charge in [0, 0.05) is 23.7 Å². The zero-order valence-corrected chi connectivity index (χ0v) is 20.5. The molecule has 2 heterocycles. The van der Waals surface area contributed by atoms with Crippen LogP contribution in [0.2, 0.25) is 0 Å². The Bertz CT molecular complexity index is 1210. The fourth-order valence-electron chi connectivity index (χ4n) is 5.02. The summed E-state index contributed by atoms with van der Waals surface area (Å²) in [5.74, 6) is 0.265. The highest BCUT2D eigenvalue weighted by atomic mass is 16.5. The molecule has 3 aromatic rings. The highest BCUT2D eigenvalue weighted by Gasteiger charge is 2.33. The van der Waals surface area contributed by atoms with Gasteiger partial charge in [0.25, 0.3) is 5.56 Å². The summed E-state index contributed by atoms with van der Waals surface area (Å²) in [7, 11) is 0. The first-order chi connectivity index (χ1) is 16.4. The molecular formula is C25H34N6O3. The van der Waals surface area contributed by atoms with Crippen LogP contribution in [0.15, 0.2) is 23.0 Å². The van der Waals surface area contributed by atoms with E-state index in [2.05, 4.69) is 52.2 Å². The number of esters is 1. The van der Waals surface area contributed by atoms with Gasteiger partial charge in [-0.05, 0) is 85.2 Å². The molecule has 2 aromatic heterocycles. The summed E-state index contributed by atoms with van der Waals surface area (Å²) in [5.41, 5.74) is 3.87. The number of nitrogens with zero attached hydrogens (tertiary/aromatic N) is 5. The number of aromatic nitrogens is 5. The second kappa shape index (κ2) is 10.5. The van der Waals surface area contributed by atoms with Crippen molar-refractivity contribution in [1.82, 2.24) is 30.1 Å². The van der Waals surface area contributed by atoms with Crippen LogP contribution in [0, 0.1) is 13.8 Å². The first kappa shape index (κ1) is 24.1. The Morgan fingerprint density at radius 3 is 2.65 bits per heavy atom. The summed E-state index contributed by atoms with van der Waals surface area (Å²) in [6, 6.07) is 6.37. The van der Waals surface area contributed by atoms with Crippen LogP contribution < -0.4 is 5.56 Å². The van der Waals surface area contributed by atoms with Gasteiger partial charge in [0.1, 0.15) is 6.54 Å². The molecule has 0 bridgehead atoms. The molecule has 0 spiro atoms. The number of hydrogen-bond donors (Lipinski definition) is 1. The van der Waals surface area contributed by atoms with Crippen molar-refractivity contribution >= 4 is 16.9 Å². The smallest absolute Gasteiger partial charge is 0.327 e. The number of carbonyl (C=O) groups is 1. The highest BCUT2D eigenvalue weighted by molar-refractivity contribution is 5.80. The maximum Gasteiger partial charge on any atom is 0.327 e. The van der Waals surface area contributed by atoms with Crippen LogP contribution in [-0.2, 0) is 22.6 Å². The van der Waals surface area contributed by atoms with Crippen molar-refractivity contribution < 1.29 is 9.53 Å². The van der Waals surface area contributed by atoms with E-state index in [1.807, 2.05) is 12.1 Å². The normalized spacial score (nSPS) is 15.3. The molecule has 182 valence electrons. The van der Waals surface area contributed by atoms with Crippen molar-refractivity contribution in [3.8, 4) is 0 Å². The number of fused-ring (bicyclic) bond motifs is 1. The van der Waals surface area contributed by atoms with Crippen LogP contribution >= 0.6 is 0 Å². The molecule has 1 saturated carbocycles. The summed E-state index contributed by atoms with van der Waals surface area (Å²) in [5, 5.41) is 13.2. The quantitative estimate of drug-likeness (QED) is 0.480. The molecule has 9 nitrogen and oxygen atoms in total. The molecule has 1 aliphatic rings. The van der Waals surface area contributed by atoms with Crippen LogP contribution in [0.1, 0.15) is 74.5 Å². The van der Waals surface area contributed by atoms with Crippen molar-refractivity contribution in [3.05, 3.63) is 51.1 Å². The van der Waals surface area contributed by atoms with Crippen LogP contribution in [0.5, 0.6) is 0 Å². The standard InChI is InChI=1S/C25H34N6O3/c1-5-22(24-27-28-29-31(24)15-23(32)34-6-2)30(20-9-7-8-10-20)14-19-13-18-11-16(3)17(4)12-21(18)26-25(19)33/h11-13,20,22H,5-10,14-15H2,1-4H3,(H,26,33)/t22-/m1/s1. The molecule has 1 aromatic carbocycles. The van der Waals surface area contributed by atoms with Gasteiger partial charge in [-0.1, -0.05) is 19.8 Å². The molecule has 0 amide bonds. The Morgan fingerprint density at radius 1 is 1.21 bits per heavy atom. The number of ether oxygens (including phenoxy) is 1. The summed E-state index contributed by atoms with van der Waals surface area (Å²) < 4.78 is 6.63. The summed E-state index contributed by atoms with van der Waals surface area (Å²) >= 11 is 0. The lowest BCUT2D eigenvalue weighted by Crippen LogP contribution is -2.39. The number of aryl methyl sites for hydroxylation is 2. The summed E-state index contributed by atoms with van der Waals surface area (Å²) in [4.78, 5) is 30.6. The predicted octanol–water partition coefficient (Wildman–Crippen LogP) is 3.59. The van der Waals surface area contributed by atoms with E-state index in [1.54, 1.807) is 6.92 Å². The molecule has 9 heteroatoms. The molecule has 1 N–H and O–H groups in total. The van der Waals surface area contributed by atoms with E-state index in [0.29, 0.717) is 25.0 Å². The Labute approximate surface area is 199 Å². The lowest BCUT2D eigenvalue weighted by atomic mass is 10.0. The average Bonchev–Trinajstić information content (AvgIpc) is 3.48. The van der Waals surface area contributed by atoms with E-state index < -0.39 is 0 Å². The first-order valence-corrected chi connectivity index (χ1v) is 12.2. The van der Waals surface area contributed by atoms with Crippen LogP contribution in [0.4, 0.5) is 0 Å². The van der Waals surface area contributed by atoms with E-state index in [-0.39, 0.29) is 24.1 Å². The number of nitrogens with one attached hydrogen (secondary N) is 1. The van der Waals surface area contributed by atoms with Crippen molar-refractivity contribution in [2.75, 3.05) is 6.61 Å². The maximum atomic E-state index is 13.1. The van der Waals surface area contributed by atoms with Gasteiger partial charge < -0.3 is 9.72 Å². The van der Waals surface area contributed by atoms with Crippen molar-refractivity contribution in [1.29, 1.82) is 0 Å². The van der Waals surface area contributed by atoms with Gasteiger partial charge in [-0.15, -0.1) is 5.10 Å². The van der Waals surface area contributed by atoms with E-state index in [4.69, 9.17) is 4.74 Å². The van der Waals surface area contributed by atoms with Gasteiger partial charge in [0.2, 0.25) is 0 Å². The van der Waals surface area contributed by atoms with E-state index in [0.717, 1.165) is 54.1 Å². The topological polar surface area (TPSA) is 106 Å². The Hall–Kier alpha value is -3.07. The minimum absolute atomic E-state index is 0.0274. The Morgan fingerprint density at radius 2 is 1.94 bits per heavy atom. The Balaban J connectivity index is 1.70. The largest absolute Gasteiger partial charge is 0.465 e. The summed E-state index contributed by atoms with van der Waals surface area (Å²) in [6.45, 7) is 8.78. The zero-order chi connectivity index (χ0) is 24.2. The Kier molecular flexibility index (Phi) is 7.41. The van der Waals surface area contributed by atoms with Crippen LogP contribution in [0.3, 0.4) is 0 Å². The van der Waals surface area contributed by atoms with Crippen molar-refractivity contribution in [3.63, 3.8) is 0 Å². The molecule has 1 aliphatic carbocycles. The third kappa shape index (κ3) is 5.04. The molecular weight excluding hydrogens is 432 g/mol. The lowest BCUT2D eigenvalue weighted by molar-refractivity contribution is -0.144. The molecule has 4 rings (SSSR count). The predicted molar refractivity (Wildman–Crippen MR) is 129 cm³/mol. The van der Waals surface area contributed by atoms with Crippen molar-refractivity contribution in [2.24, 2.45) is 0 Å². The van der Waals surface area contributed by atoms with Gasteiger partial charge in [0.15, 0.2) is 5.82 Å². The molecule has 1 atom stereocenters. The number of aromatic amines is 1. The SMILES string of the molecule is CCOC(=O)Cn1nnnc1[C@@H](CC)N(Cc1cc2cc(C)c(C)cc2[nH]c1=O)C1CCCC1. The lowest BCUT2D eigenvalue weighted by Gasteiger charge is -2.35. The highest BCUT2D eigenvalue weighted by Crippen LogP contribution is 2.33. The number of tetrazole rings is 1. The van der Waals surface area contributed by atoms with Crippen molar-refractivity contribution in [2.45, 2.75) is 85.0 Å². The minimum atomic E-state index is -0.366. The number of H-pyrrole nitrogens is 1. The second-order valence-electron chi connectivity index (χ2n) is 9.18. The fourth-order valence-corrected chi connectivity index (χ4v) is 5.02. The molecule has 0 aliphatic heterocycles. The van der Waals surface area contributed by atoms with Gasteiger partial charge in [0.05, 0.1) is 12.6 Å². The van der Waals surface area contributed by atoms with E-state index >= 15 is 0 Å². The minimum Gasteiger partial charge on any atom is -0.465 e. The van der Waals surface area contributed by atoms with E-state index in [9.17, 15) is 9.59 Å². The number of carbonyl (C=O) groups excluding carboxylic acids is 1. The second-order valence-corrected chi connectivity index (χ2v) is 9.18. The maximum absolute atomic E-state index is 13.1. The van der Waals surface area contributed by atoms with Gasteiger partial charge in [-0.2, -0.15) is 0 Å². The van der Waals surface area contributed by atoms with Crippen LogP contribution in [-0.4, -0.2) is 48.7 Å². The van der Waals surface area contributed by atoms with Gasteiger partial charge in [-0.25, -0.2) is 4.68 Å². The molecule has 1 fully saturated rings. The number of benzene rings is 1. The molecule has 34 heavy (non-hydrogen) atoms. The fraction of sp³-hybridized carbons (Fsp3) is 0.560. The van der Waals surface area contributed by atoms with E-state index in [1.165, 1.54) is 10.2 Å². The number of pyridine rings is 1. The van der Waals surface area contributed by atoms with Gasteiger partial charge >= 0.3 is 5.97 Å². The first-order valence-electron chi connectivity index (χ1n) is 12.2. The number of hydrogen-bond acceptors (Lipinski definition) is 7.